The van der Waals surface area contributed by atoms with E-state index in [2.05, 4.69) is 12.2 Å². The Balaban J connectivity index is 2.28. The molecular formula is C19H24N2O3S. The number of carbonyl (C=O) groups is 1. The Morgan fingerprint density at radius 2 is 1.64 bits per heavy atom. The topological polar surface area (TPSA) is 66.5 Å². The number of rotatable bonds is 8. The highest BCUT2D eigenvalue weighted by atomic mass is 32.2. The van der Waals surface area contributed by atoms with Gasteiger partial charge in [-0.3, -0.25) is 9.10 Å². The van der Waals surface area contributed by atoms with Gasteiger partial charge in [-0.2, -0.15) is 0 Å². The number of unbranched alkanes of at least 4 members (excludes halogenated alkanes) is 2. The monoisotopic (exact) mass is 360 g/mol. The third-order valence-corrected chi connectivity index (χ3v) is 5.80. The third-order valence-electron chi connectivity index (χ3n) is 3.96. The van der Waals surface area contributed by atoms with E-state index in [1.54, 1.807) is 42.5 Å². The first-order valence-corrected chi connectivity index (χ1v) is 9.83. The summed E-state index contributed by atoms with van der Waals surface area (Å²) in [7, 11) is -2.34. The van der Waals surface area contributed by atoms with Gasteiger partial charge >= 0.3 is 0 Å². The van der Waals surface area contributed by atoms with Crippen molar-refractivity contribution >= 4 is 21.6 Å². The fourth-order valence-electron chi connectivity index (χ4n) is 2.48. The smallest absolute Gasteiger partial charge is 0.264 e. The molecule has 0 unspecified atom stereocenters. The van der Waals surface area contributed by atoms with E-state index in [1.165, 1.54) is 17.4 Å². The molecule has 0 saturated carbocycles. The van der Waals surface area contributed by atoms with Crippen molar-refractivity contribution in [2.24, 2.45) is 0 Å². The molecule has 0 saturated heterocycles. The molecule has 2 rings (SSSR count). The van der Waals surface area contributed by atoms with Gasteiger partial charge in [0.1, 0.15) is 4.90 Å². The SMILES string of the molecule is CCCCCNC(=O)c1ccccc1S(=O)(=O)N(C)c1ccccc1. The molecule has 1 N–H and O–H groups in total. The van der Waals surface area contributed by atoms with Gasteiger partial charge in [0.2, 0.25) is 0 Å². The zero-order valence-electron chi connectivity index (χ0n) is 14.6. The first-order valence-electron chi connectivity index (χ1n) is 8.39. The summed E-state index contributed by atoms with van der Waals surface area (Å²) in [6.45, 7) is 2.62. The standard InChI is InChI=1S/C19H24N2O3S/c1-3-4-10-15-20-19(22)17-13-8-9-14-18(17)25(23,24)21(2)16-11-6-5-7-12-16/h5-9,11-14H,3-4,10,15H2,1-2H3,(H,20,22). The van der Waals surface area contributed by atoms with Crippen molar-refractivity contribution in [2.75, 3.05) is 17.9 Å². The zero-order chi connectivity index (χ0) is 18.3. The van der Waals surface area contributed by atoms with Crippen LogP contribution in [0.3, 0.4) is 0 Å². The van der Waals surface area contributed by atoms with Gasteiger partial charge in [-0.1, -0.05) is 50.1 Å². The maximum Gasteiger partial charge on any atom is 0.264 e. The third kappa shape index (κ3) is 4.60. The van der Waals surface area contributed by atoms with Crippen molar-refractivity contribution in [3.63, 3.8) is 0 Å². The lowest BCUT2D eigenvalue weighted by Crippen LogP contribution is -2.31. The van der Waals surface area contributed by atoms with E-state index < -0.39 is 10.0 Å². The summed E-state index contributed by atoms with van der Waals surface area (Å²) in [4.78, 5) is 12.4. The molecule has 0 aliphatic heterocycles. The second kappa shape index (κ2) is 8.67. The molecule has 0 aromatic heterocycles. The van der Waals surface area contributed by atoms with E-state index in [-0.39, 0.29) is 16.4 Å². The van der Waals surface area contributed by atoms with Crippen molar-refractivity contribution in [3.05, 3.63) is 60.2 Å². The molecule has 134 valence electrons. The Kier molecular flexibility index (Phi) is 6.58. The normalized spacial score (nSPS) is 11.1. The van der Waals surface area contributed by atoms with E-state index in [4.69, 9.17) is 0 Å². The van der Waals surface area contributed by atoms with Gasteiger partial charge in [-0.25, -0.2) is 8.42 Å². The van der Waals surface area contributed by atoms with E-state index in [9.17, 15) is 13.2 Å². The average molecular weight is 360 g/mol. The summed E-state index contributed by atoms with van der Waals surface area (Å²) in [6.07, 6.45) is 2.96. The molecule has 1 amide bonds. The Hall–Kier alpha value is -2.34. The second-order valence-electron chi connectivity index (χ2n) is 5.77. The molecule has 0 spiro atoms. The highest BCUT2D eigenvalue weighted by Crippen LogP contribution is 2.24. The molecular weight excluding hydrogens is 336 g/mol. The van der Waals surface area contributed by atoms with E-state index in [0.717, 1.165) is 19.3 Å². The molecule has 2 aromatic rings. The summed E-state index contributed by atoms with van der Waals surface area (Å²) >= 11 is 0. The molecule has 0 atom stereocenters. The highest BCUT2D eigenvalue weighted by Gasteiger charge is 2.26. The van der Waals surface area contributed by atoms with Gasteiger partial charge in [-0.15, -0.1) is 0 Å². The molecule has 25 heavy (non-hydrogen) atoms. The Labute approximate surface area is 149 Å². The minimum atomic E-state index is -3.83. The Morgan fingerprint density at radius 3 is 2.32 bits per heavy atom. The fraction of sp³-hybridized carbons (Fsp3) is 0.316. The van der Waals surface area contributed by atoms with Crippen LogP contribution in [0, 0.1) is 0 Å². The number of nitrogens with zero attached hydrogens (tertiary/aromatic N) is 1. The average Bonchev–Trinajstić information content (AvgIpc) is 2.65. The van der Waals surface area contributed by atoms with Crippen LogP contribution in [0.4, 0.5) is 5.69 Å². The van der Waals surface area contributed by atoms with Gasteiger partial charge in [0.05, 0.1) is 11.3 Å². The summed E-state index contributed by atoms with van der Waals surface area (Å²) in [6, 6.07) is 15.1. The van der Waals surface area contributed by atoms with Crippen molar-refractivity contribution in [2.45, 2.75) is 31.1 Å². The minimum absolute atomic E-state index is 0.00865. The van der Waals surface area contributed by atoms with Crippen LogP contribution in [0.25, 0.3) is 0 Å². The lowest BCUT2D eigenvalue weighted by atomic mass is 10.2. The predicted molar refractivity (Wildman–Crippen MR) is 100 cm³/mol. The molecule has 6 heteroatoms. The van der Waals surface area contributed by atoms with Crippen LogP contribution >= 0.6 is 0 Å². The van der Waals surface area contributed by atoms with Crippen LogP contribution in [-0.4, -0.2) is 27.9 Å². The second-order valence-corrected chi connectivity index (χ2v) is 7.70. The van der Waals surface area contributed by atoms with E-state index in [0.29, 0.717) is 12.2 Å². The number of anilines is 1. The van der Waals surface area contributed by atoms with E-state index in [1.807, 2.05) is 6.07 Å². The molecule has 0 aliphatic carbocycles. The molecule has 0 aliphatic rings. The molecule has 2 aromatic carbocycles. The summed E-state index contributed by atoms with van der Waals surface area (Å²) in [5, 5.41) is 2.80. The fourth-order valence-corrected chi connectivity index (χ4v) is 3.86. The molecule has 0 radical (unpaired) electrons. The first-order chi connectivity index (χ1) is 12.0. The summed E-state index contributed by atoms with van der Waals surface area (Å²) in [5.74, 6) is -0.364. The van der Waals surface area contributed by atoms with Crippen LogP contribution in [0.15, 0.2) is 59.5 Å². The lowest BCUT2D eigenvalue weighted by Gasteiger charge is -2.21. The van der Waals surface area contributed by atoms with Crippen molar-refractivity contribution in [1.82, 2.24) is 5.32 Å². The minimum Gasteiger partial charge on any atom is -0.352 e. The number of nitrogens with one attached hydrogen (secondary N) is 1. The molecule has 0 heterocycles. The lowest BCUT2D eigenvalue weighted by molar-refractivity contribution is 0.0949. The maximum atomic E-state index is 13.0. The number of hydrogen-bond donors (Lipinski definition) is 1. The zero-order valence-corrected chi connectivity index (χ0v) is 15.4. The van der Waals surface area contributed by atoms with Gasteiger partial charge in [0.25, 0.3) is 15.9 Å². The first kappa shape index (κ1) is 19.0. The van der Waals surface area contributed by atoms with Gasteiger partial charge < -0.3 is 5.32 Å². The van der Waals surface area contributed by atoms with Crippen molar-refractivity contribution in [1.29, 1.82) is 0 Å². The quantitative estimate of drug-likeness (QED) is 0.734. The number of carbonyl (C=O) groups excluding carboxylic acids is 1. The van der Waals surface area contributed by atoms with Crippen molar-refractivity contribution in [3.8, 4) is 0 Å². The van der Waals surface area contributed by atoms with Gasteiger partial charge in [0.15, 0.2) is 0 Å². The van der Waals surface area contributed by atoms with Gasteiger partial charge in [-0.05, 0) is 30.7 Å². The van der Waals surface area contributed by atoms with Crippen LogP contribution in [0.2, 0.25) is 0 Å². The highest BCUT2D eigenvalue weighted by molar-refractivity contribution is 7.92. The molecule has 0 bridgehead atoms. The van der Waals surface area contributed by atoms with Crippen LogP contribution < -0.4 is 9.62 Å². The van der Waals surface area contributed by atoms with Crippen LogP contribution in [0.1, 0.15) is 36.5 Å². The van der Waals surface area contributed by atoms with Crippen LogP contribution in [0.5, 0.6) is 0 Å². The Morgan fingerprint density at radius 1 is 1.00 bits per heavy atom. The van der Waals surface area contributed by atoms with Crippen LogP contribution in [-0.2, 0) is 10.0 Å². The molecule has 0 fully saturated rings. The molecule has 5 nitrogen and oxygen atoms in total. The Bertz CT molecular complexity index is 804. The number of amides is 1. The number of para-hydroxylation sites is 1. The maximum absolute atomic E-state index is 13.0. The van der Waals surface area contributed by atoms with Gasteiger partial charge in [0, 0.05) is 13.6 Å². The van der Waals surface area contributed by atoms with E-state index >= 15 is 0 Å². The largest absolute Gasteiger partial charge is 0.352 e. The summed E-state index contributed by atoms with van der Waals surface area (Å²) in [5.41, 5.74) is 0.711. The predicted octanol–water partition coefficient (Wildman–Crippen LogP) is 3.43. The number of hydrogen-bond acceptors (Lipinski definition) is 3. The summed E-state index contributed by atoms with van der Waals surface area (Å²) < 4.78 is 27.2. The number of benzene rings is 2. The number of sulfonamides is 1. The van der Waals surface area contributed by atoms with Crippen molar-refractivity contribution < 1.29 is 13.2 Å².